The van der Waals surface area contributed by atoms with Crippen LogP contribution in [0, 0.1) is 5.92 Å². The summed E-state index contributed by atoms with van der Waals surface area (Å²) in [6.07, 6.45) is 1.20. The molecule has 0 spiro atoms. The first kappa shape index (κ1) is 14.5. The summed E-state index contributed by atoms with van der Waals surface area (Å²) in [5, 5.41) is 0. The maximum absolute atomic E-state index is 5.44. The maximum Gasteiger partial charge on any atom is 0.124 e. The van der Waals surface area contributed by atoms with Crippen LogP contribution in [0.1, 0.15) is 26.1 Å². The monoisotopic (exact) mass is 287 g/mol. The molecule has 1 aromatic heterocycles. The van der Waals surface area contributed by atoms with Crippen molar-refractivity contribution in [1.82, 2.24) is 14.5 Å². The van der Waals surface area contributed by atoms with Gasteiger partial charge in [0.1, 0.15) is 5.82 Å². The van der Waals surface area contributed by atoms with Crippen LogP contribution in [0.5, 0.6) is 0 Å². The molecule has 0 bridgehead atoms. The number of para-hydroxylation sites is 2. The van der Waals surface area contributed by atoms with Gasteiger partial charge in [-0.15, -0.1) is 0 Å². The summed E-state index contributed by atoms with van der Waals surface area (Å²) in [5.74, 6) is 1.87. The van der Waals surface area contributed by atoms with Crippen LogP contribution in [-0.4, -0.2) is 40.8 Å². The quantitative estimate of drug-likeness (QED) is 0.847. The number of fused-ring (bicyclic) bond motifs is 1. The molecule has 3 rings (SSSR count). The topological polar surface area (TPSA) is 30.3 Å². The van der Waals surface area contributed by atoms with Crippen molar-refractivity contribution in [3.63, 3.8) is 0 Å². The number of morpholine rings is 1. The van der Waals surface area contributed by atoms with Crippen LogP contribution in [0.3, 0.4) is 0 Å². The Bertz CT molecular complexity index is 587. The number of ether oxygens (including phenoxy) is 1. The zero-order valence-electron chi connectivity index (χ0n) is 13.1. The third kappa shape index (κ3) is 3.27. The van der Waals surface area contributed by atoms with Gasteiger partial charge in [-0.1, -0.05) is 32.4 Å². The van der Waals surface area contributed by atoms with E-state index < -0.39 is 0 Å². The predicted octanol–water partition coefficient (Wildman–Crippen LogP) is 2.91. The fraction of sp³-hybridized carbons (Fsp3) is 0.588. The fourth-order valence-electron chi connectivity index (χ4n) is 2.85. The van der Waals surface area contributed by atoms with Crippen molar-refractivity contribution >= 4 is 11.0 Å². The van der Waals surface area contributed by atoms with Crippen LogP contribution >= 0.6 is 0 Å². The number of aromatic nitrogens is 2. The summed E-state index contributed by atoms with van der Waals surface area (Å²) in [4.78, 5) is 7.32. The molecule has 1 atom stereocenters. The van der Waals surface area contributed by atoms with Crippen molar-refractivity contribution in [2.24, 2.45) is 5.92 Å². The molecule has 0 aliphatic carbocycles. The van der Waals surface area contributed by atoms with Crippen molar-refractivity contribution in [1.29, 1.82) is 0 Å². The highest BCUT2D eigenvalue weighted by molar-refractivity contribution is 5.75. The summed E-state index contributed by atoms with van der Waals surface area (Å²) in [7, 11) is 0. The Morgan fingerprint density at radius 3 is 2.76 bits per heavy atom. The van der Waals surface area contributed by atoms with Gasteiger partial charge in [-0.2, -0.15) is 0 Å². The number of hydrogen-bond donors (Lipinski definition) is 0. The summed E-state index contributed by atoms with van der Waals surface area (Å²) >= 11 is 0. The van der Waals surface area contributed by atoms with Crippen molar-refractivity contribution in [3.8, 4) is 0 Å². The van der Waals surface area contributed by atoms with Crippen molar-refractivity contribution in [2.75, 3.05) is 26.3 Å². The number of imidazole rings is 1. The van der Waals surface area contributed by atoms with Gasteiger partial charge in [0.05, 0.1) is 30.8 Å². The Labute approximate surface area is 126 Å². The minimum Gasteiger partial charge on any atom is -0.379 e. The molecule has 1 aliphatic rings. The third-order valence-corrected chi connectivity index (χ3v) is 4.39. The third-order valence-electron chi connectivity index (χ3n) is 4.39. The van der Waals surface area contributed by atoms with Gasteiger partial charge in [0.2, 0.25) is 0 Å². The van der Waals surface area contributed by atoms with Crippen LogP contribution in [0.4, 0.5) is 0 Å². The molecule has 2 heterocycles. The van der Waals surface area contributed by atoms with E-state index in [0.717, 1.165) is 44.9 Å². The molecule has 0 amide bonds. The summed E-state index contributed by atoms with van der Waals surface area (Å²) in [6.45, 7) is 10.2. The van der Waals surface area contributed by atoms with E-state index in [0.29, 0.717) is 5.92 Å². The predicted molar refractivity (Wildman–Crippen MR) is 85.3 cm³/mol. The van der Waals surface area contributed by atoms with Crippen LogP contribution in [0.2, 0.25) is 0 Å². The Morgan fingerprint density at radius 1 is 1.24 bits per heavy atom. The Kier molecular flexibility index (Phi) is 4.56. The first-order valence-corrected chi connectivity index (χ1v) is 8.02. The van der Waals surface area contributed by atoms with E-state index in [9.17, 15) is 0 Å². The van der Waals surface area contributed by atoms with Crippen LogP contribution in [-0.2, 0) is 17.8 Å². The van der Waals surface area contributed by atoms with Crippen molar-refractivity contribution in [2.45, 2.75) is 33.4 Å². The lowest BCUT2D eigenvalue weighted by Crippen LogP contribution is -2.36. The second-order valence-corrected chi connectivity index (χ2v) is 6.03. The van der Waals surface area contributed by atoms with E-state index in [1.165, 1.54) is 17.8 Å². The van der Waals surface area contributed by atoms with Gasteiger partial charge in [0.15, 0.2) is 0 Å². The zero-order valence-corrected chi connectivity index (χ0v) is 13.1. The highest BCUT2D eigenvalue weighted by Gasteiger charge is 2.17. The standard InChI is InChI=1S/C17H25N3O/c1-3-14(2)12-20-16-7-5-4-6-15(16)18-17(20)13-19-8-10-21-11-9-19/h4-7,14H,3,8-13H2,1-2H3/t14-/m0/s1. The molecule has 1 aromatic carbocycles. The number of nitrogens with zero attached hydrogens (tertiary/aromatic N) is 3. The molecule has 114 valence electrons. The zero-order chi connectivity index (χ0) is 14.7. The normalized spacial score (nSPS) is 18.2. The number of benzene rings is 1. The average Bonchev–Trinajstić information content (AvgIpc) is 2.86. The molecule has 4 heteroatoms. The molecule has 2 aromatic rings. The van der Waals surface area contributed by atoms with Crippen molar-refractivity contribution in [3.05, 3.63) is 30.1 Å². The number of rotatable bonds is 5. The van der Waals surface area contributed by atoms with Gasteiger partial charge >= 0.3 is 0 Å². The van der Waals surface area contributed by atoms with Crippen LogP contribution in [0.25, 0.3) is 11.0 Å². The lowest BCUT2D eigenvalue weighted by atomic mass is 10.1. The second-order valence-electron chi connectivity index (χ2n) is 6.03. The van der Waals surface area contributed by atoms with Crippen LogP contribution < -0.4 is 0 Å². The molecule has 4 nitrogen and oxygen atoms in total. The summed E-state index contributed by atoms with van der Waals surface area (Å²) < 4.78 is 7.86. The average molecular weight is 287 g/mol. The molecule has 0 N–H and O–H groups in total. The van der Waals surface area contributed by atoms with E-state index in [1.807, 2.05) is 0 Å². The molecule has 1 aliphatic heterocycles. The van der Waals surface area contributed by atoms with Crippen molar-refractivity contribution < 1.29 is 4.74 Å². The van der Waals surface area contributed by atoms with Gasteiger partial charge in [-0.25, -0.2) is 4.98 Å². The molecular weight excluding hydrogens is 262 g/mol. The van der Waals surface area contributed by atoms with Crippen LogP contribution in [0.15, 0.2) is 24.3 Å². The summed E-state index contributed by atoms with van der Waals surface area (Å²) in [5.41, 5.74) is 2.38. The Balaban J connectivity index is 1.89. The van der Waals surface area contributed by atoms with Gasteiger partial charge < -0.3 is 9.30 Å². The molecule has 21 heavy (non-hydrogen) atoms. The van der Waals surface area contributed by atoms with E-state index in [2.05, 4.69) is 47.6 Å². The molecule has 0 saturated carbocycles. The fourth-order valence-corrected chi connectivity index (χ4v) is 2.85. The smallest absolute Gasteiger partial charge is 0.124 e. The first-order valence-electron chi connectivity index (χ1n) is 8.02. The first-order chi connectivity index (χ1) is 10.3. The highest BCUT2D eigenvalue weighted by atomic mass is 16.5. The van der Waals surface area contributed by atoms with E-state index in [-0.39, 0.29) is 0 Å². The minimum absolute atomic E-state index is 0.672. The van der Waals surface area contributed by atoms with E-state index >= 15 is 0 Å². The molecule has 0 unspecified atom stereocenters. The van der Waals surface area contributed by atoms with Gasteiger partial charge in [0.25, 0.3) is 0 Å². The Morgan fingerprint density at radius 2 is 2.00 bits per heavy atom. The van der Waals surface area contributed by atoms with E-state index in [4.69, 9.17) is 9.72 Å². The lowest BCUT2D eigenvalue weighted by Gasteiger charge is -2.26. The van der Waals surface area contributed by atoms with Gasteiger partial charge in [0, 0.05) is 19.6 Å². The van der Waals surface area contributed by atoms with E-state index in [1.54, 1.807) is 0 Å². The molecule has 0 radical (unpaired) electrons. The minimum atomic E-state index is 0.672. The molecule has 1 saturated heterocycles. The second kappa shape index (κ2) is 6.58. The van der Waals surface area contributed by atoms with Gasteiger partial charge in [-0.05, 0) is 18.1 Å². The highest BCUT2D eigenvalue weighted by Crippen LogP contribution is 2.20. The Hall–Kier alpha value is -1.39. The number of hydrogen-bond acceptors (Lipinski definition) is 3. The lowest BCUT2D eigenvalue weighted by molar-refractivity contribution is 0.0325. The SMILES string of the molecule is CC[C@H](C)Cn1c(CN2CCOCC2)nc2ccccc21. The summed E-state index contributed by atoms with van der Waals surface area (Å²) in [6, 6.07) is 8.48. The molecular formula is C17H25N3O. The molecule has 1 fully saturated rings. The largest absolute Gasteiger partial charge is 0.379 e. The maximum atomic E-state index is 5.44. The van der Waals surface area contributed by atoms with Gasteiger partial charge in [-0.3, -0.25) is 4.90 Å².